The molecule has 4 rings (SSSR count). The summed E-state index contributed by atoms with van der Waals surface area (Å²) in [5.74, 6) is -0.851. The highest BCUT2D eigenvalue weighted by Crippen LogP contribution is 2.32. The predicted molar refractivity (Wildman–Crippen MR) is 125 cm³/mol. The lowest BCUT2D eigenvalue weighted by Gasteiger charge is -2.39. The Hall–Kier alpha value is -3.22. The van der Waals surface area contributed by atoms with Gasteiger partial charge >= 0.3 is 6.09 Å². The molecule has 13 heteroatoms. The van der Waals surface area contributed by atoms with Crippen LogP contribution < -0.4 is 5.32 Å². The molecule has 3 aliphatic heterocycles. The summed E-state index contributed by atoms with van der Waals surface area (Å²) in [5.41, 5.74) is -0.763. The van der Waals surface area contributed by atoms with Crippen LogP contribution in [0.5, 0.6) is 0 Å². The summed E-state index contributed by atoms with van der Waals surface area (Å²) in [6.45, 7) is 7.38. The number of likely N-dealkylation sites (tertiary alicyclic amines) is 1. The number of amides is 4. The Balaban J connectivity index is 1.53. The summed E-state index contributed by atoms with van der Waals surface area (Å²) in [7, 11) is 0. The van der Waals surface area contributed by atoms with Gasteiger partial charge < -0.3 is 29.9 Å². The molecule has 36 heavy (non-hydrogen) atoms. The van der Waals surface area contributed by atoms with Crippen LogP contribution in [0.4, 0.5) is 4.79 Å². The van der Waals surface area contributed by atoms with Gasteiger partial charge in [0.05, 0.1) is 24.9 Å². The summed E-state index contributed by atoms with van der Waals surface area (Å²) in [5, 5.41) is 20.9. The number of hydrogen-bond acceptors (Lipinski definition) is 8. The molecule has 4 heterocycles. The molecule has 0 saturated carbocycles. The Bertz CT molecular complexity index is 994. The topological polar surface area (TPSA) is 150 Å². The minimum Gasteiger partial charge on any atom is -0.444 e. The lowest BCUT2D eigenvalue weighted by molar-refractivity contribution is -0.148. The van der Waals surface area contributed by atoms with Gasteiger partial charge in [-0.1, -0.05) is 5.21 Å². The summed E-state index contributed by atoms with van der Waals surface area (Å²) >= 11 is 0. The lowest BCUT2D eigenvalue weighted by Crippen LogP contribution is -2.61. The summed E-state index contributed by atoms with van der Waals surface area (Å²) < 4.78 is 6.88. The van der Waals surface area contributed by atoms with Crippen molar-refractivity contribution in [2.75, 3.05) is 26.2 Å². The van der Waals surface area contributed by atoms with E-state index in [9.17, 15) is 24.3 Å². The first-order valence-electron chi connectivity index (χ1n) is 12.3. The molecule has 0 radical (unpaired) electrons. The first-order valence-corrected chi connectivity index (χ1v) is 12.3. The van der Waals surface area contributed by atoms with Gasteiger partial charge in [0.25, 0.3) is 0 Å². The van der Waals surface area contributed by atoms with Crippen molar-refractivity contribution in [3.8, 4) is 0 Å². The Kier molecular flexibility index (Phi) is 7.21. The van der Waals surface area contributed by atoms with E-state index in [-0.39, 0.29) is 37.5 Å². The highest BCUT2D eigenvalue weighted by Gasteiger charge is 2.48. The van der Waals surface area contributed by atoms with Gasteiger partial charge in [0.15, 0.2) is 0 Å². The molecular weight excluding hydrogens is 470 g/mol. The third kappa shape index (κ3) is 5.45. The number of aliphatic hydroxyl groups is 1. The molecule has 2 N–H and O–H groups in total. The van der Waals surface area contributed by atoms with Gasteiger partial charge in [-0.05, 0) is 40.0 Å². The van der Waals surface area contributed by atoms with Crippen LogP contribution in [0, 0.1) is 0 Å². The zero-order valence-electron chi connectivity index (χ0n) is 21.2. The van der Waals surface area contributed by atoms with Crippen molar-refractivity contribution in [3.63, 3.8) is 0 Å². The van der Waals surface area contributed by atoms with E-state index < -0.39 is 41.8 Å². The molecule has 0 unspecified atom stereocenters. The number of aliphatic hydroxyl groups excluding tert-OH is 1. The van der Waals surface area contributed by atoms with Crippen molar-refractivity contribution in [2.24, 2.45) is 0 Å². The van der Waals surface area contributed by atoms with Crippen molar-refractivity contribution in [1.82, 2.24) is 35.0 Å². The van der Waals surface area contributed by atoms with Crippen LogP contribution in [0.25, 0.3) is 0 Å². The van der Waals surface area contributed by atoms with Gasteiger partial charge in [0.1, 0.15) is 17.7 Å². The molecule has 198 valence electrons. The molecule has 0 aliphatic carbocycles. The molecule has 5 atom stereocenters. The molecule has 1 aromatic rings. The van der Waals surface area contributed by atoms with E-state index in [2.05, 4.69) is 15.6 Å². The lowest BCUT2D eigenvalue weighted by atomic mass is 10.1. The maximum atomic E-state index is 13.8. The average Bonchev–Trinajstić information content (AvgIpc) is 3.51. The number of ether oxygens (including phenoxy) is 1. The molecule has 0 spiro atoms. The summed E-state index contributed by atoms with van der Waals surface area (Å²) in [6, 6.07) is -2.42. The van der Waals surface area contributed by atoms with Crippen molar-refractivity contribution in [1.29, 1.82) is 0 Å². The fraction of sp³-hybridized carbons (Fsp3) is 0.739. The van der Waals surface area contributed by atoms with Crippen LogP contribution in [0.3, 0.4) is 0 Å². The first-order chi connectivity index (χ1) is 16.9. The Morgan fingerprint density at radius 3 is 2.50 bits per heavy atom. The van der Waals surface area contributed by atoms with E-state index >= 15 is 0 Å². The van der Waals surface area contributed by atoms with Crippen LogP contribution >= 0.6 is 0 Å². The molecule has 3 aliphatic rings. The van der Waals surface area contributed by atoms with Crippen LogP contribution in [0.2, 0.25) is 0 Å². The number of carbonyl (C=O) groups excluding carboxylic acids is 4. The molecular formula is C23H35N7O6. The summed E-state index contributed by atoms with van der Waals surface area (Å²) in [6.07, 6.45) is 3.20. The van der Waals surface area contributed by atoms with Crippen LogP contribution in [-0.2, 0) is 19.1 Å². The Morgan fingerprint density at radius 1 is 1.11 bits per heavy atom. The standard InChI is InChI=1S/C23H35N7O6/c1-14(31)27-9-7-15-5-6-17(21(34)28-12-18(19(32)13-28)29-10-8-24-26-29)30(15)20(33)16(11-27)25-22(35)36-23(2,3)4/h8,10,15-19,32H,5-7,9,11-13H2,1-4H3,(H,25,35)/t15-,16+,17+,18-,19-/m1/s1. The normalized spacial score (nSPS) is 29.0. The van der Waals surface area contributed by atoms with Gasteiger partial charge in [-0.3, -0.25) is 14.4 Å². The second-order valence-corrected chi connectivity index (χ2v) is 10.7. The second kappa shape index (κ2) is 10.0. The third-order valence-corrected chi connectivity index (χ3v) is 6.96. The Labute approximate surface area is 209 Å². The number of nitrogens with one attached hydrogen (secondary N) is 1. The van der Waals surface area contributed by atoms with E-state index in [0.717, 1.165) is 0 Å². The highest BCUT2D eigenvalue weighted by atomic mass is 16.6. The monoisotopic (exact) mass is 505 g/mol. The fourth-order valence-electron chi connectivity index (χ4n) is 5.27. The molecule has 0 aromatic carbocycles. The van der Waals surface area contributed by atoms with E-state index in [4.69, 9.17) is 4.74 Å². The fourth-order valence-corrected chi connectivity index (χ4v) is 5.27. The molecule has 0 bridgehead atoms. The molecule has 13 nitrogen and oxygen atoms in total. The van der Waals surface area contributed by atoms with E-state index in [0.29, 0.717) is 25.8 Å². The van der Waals surface area contributed by atoms with Crippen molar-refractivity contribution >= 4 is 23.8 Å². The number of nitrogens with zero attached hydrogens (tertiary/aromatic N) is 6. The number of hydrogen-bond donors (Lipinski definition) is 2. The van der Waals surface area contributed by atoms with Crippen molar-refractivity contribution < 1.29 is 29.0 Å². The van der Waals surface area contributed by atoms with Crippen molar-refractivity contribution in [2.45, 2.75) is 82.8 Å². The number of aromatic nitrogens is 3. The minimum atomic E-state index is -1.05. The zero-order chi connectivity index (χ0) is 26.2. The maximum Gasteiger partial charge on any atom is 0.408 e. The molecule has 3 fully saturated rings. The number of fused-ring (bicyclic) bond motifs is 1. The predicted octanol–water partition coefficient (Wildman–Crippen LogP) is -0.473. The van der Waals surface area contributed by atoms with E-state index in [1.807, 2.05) is 0 Å². The third-order valence-electron chi connectivity index (χ3n) is 6.96. The zero-order valence-corrected chi connectivity index (χ0v) is 21.2. The van der Waals surface area contributed by atoms with Gasteiger partial charge in [0, 0.05) is 38.8 Å². The van der Waals surface area contributed by atoms with Gasteiger partial charge in [0.2, 0.25) is 17.7 Å². The van der Waals surface area contributed by atoms with Gasteiger partial charge in [-0.25, -0.2) is 9.48 Å². The number of alkyl carbamates (subject to hydrolysis) is 1. The van der Waals surface area contributed by atoms with E-state index in [1.54, 1.807) is 41.7 Å². The van der Waals surface area contributed by atoms with Crippen LogP contribution in [0.15, 0.2) is 12.4 Å². The minimum absolute atomic E-state index is 0.00561. The average molecular weight is 506 g/mol. The van der Waals surface area contributed by atoms with Gasteiger partial charge in [-0.2, -0.15) is 0 Å². The molecule has 3 saturated heterocycles. The summed E-state index contributed by atoms with van der Waals surface area (Å²) in [4.78, 5) is 56.8. The maximum absolute atomic E-state index is 13.8. The molecule has 1 aromatic heterocycles. The highest BCUT2D eigenvalue weighted by molar-refractivity contribution is 5.93. The Morgan fingerprint density at radius 2 is 1.86 bits per heavy atom. The van der Waals surface area contributed by atoms with Gasteiger partial charge in [-0.15, -0.1) is 5.10 Å². The van der Waals surface area contributed by atoms with E-state index in [1.165, 1.54) is 17.8 Å². The number of rotatable bonds is 3. The molecule has 4 amide bonds. The van der Waals surface area contributed by atoms with Crippen LogP contribution in [0.1, 0.15) is 53.0 Å². The smallest absolute Gasteiger partial charge is 0.408 e. The van der Waals surface area contributed by atoms with Crippen molar-refractivity contribution in [3.05, 3.63) is 12.4 Å². The second-order valence-electron chi connectivity index (χ2n) is 10.7. The SMILES string of the molecule is CC(=O)N1CC[C@H]2CC[C@@H](C(=O)N3C[C@@H](O)[C@H](n4ccnn4)C3)N2C(=O)[C@@H](NC(=O)OC(C)(C)C)C1. The number of β-amino-alcohol motifs (C(OH)–C–C–N with tert-alkyl or cyclic N) is 1. The number of carbonyl (C=O) groups is 4. The quantitative estimate of drug-likeness (QED) is 0.560. The van der Waals surface area contributed by atoms with Crippen LogP contribution in [-0.4, -0.2) is 115 Å². The largest absolute Gasteiger partial charge is 0.444 e. The first kappa shape index (κ1) is 25.9.